The molecule has 0 saturated heterocycles. The lowest BCUT2D eigenvalue weighted by Gasteiger charge is -2.18. The summed E-state index contributed by atoms with van der Waals surface area (Å²) >= 11 is 0. The molecule has 0 spiro atoms. The minimum absolute atomic E-state index is 0.0603. The first-order valence-electron chi connectivity index (χ1n) is 20.9. The molecule has 1 nitrogen and oxygen atoms in total. The van der Waals surface area contributed by atoms with Gasteiger partial charge in [0.1, 0.15) is 11.2 Å². The zero-order valence-electron chi connectivity index (χ0n) is 36.6. The minimum atomic E-state index is -0.716. The molecule has 1 heteroatoms. The van der Waals surface area contributed by atoms with E-state index in [0.717, 1.165) is 21.9 Å². The van der Waals surface area contributed by atoms with Crippen LogP contribution in [0.3, 0.4) is 0 Å². The van der Waals surface area contributed by atoms with Crippen LogP contribution >= 0.6 is 0 Å². The first kappa shape index (κ1) is 15.7. The third-order valence-corrected chi connectivity index (χ3v) is 8.20. The molecule has 9 aromatic rings. The van der Waals surface area contributed by atoms with Gasteiger partial charge >= 0.3 is 0 Å². The number of hydrogen-bond donors (Lipinski definition) is 0. The van der Waals surface area contributed by atoms with Gasteiger partial charge in [0.05, 0.1) is 17.8 Å². The Bertz CT molecular complexity index is 3150. The van der Waals surface area contributed by atoms with Crippen LogP contribution in [0.4, 0.5) is 0 Å². The number of hydrogen-bond acceptors (Lipinski definition) is 1. The van der Waals surface area contributed by atoms with Gasteiger partial charge in [0, 0.05) is 21.9 Å². The number of para-hydroxylation sites is 2. The molecule has 0 bridgehead atoms. The Balaban J connectivity index is 1.43. The van der Waals surface area contributed by atoms with Crippen LogP contribution in [0, 0.1) is 0 Å². The predicted octanol–water partition coefficient (Wildman–Crippen LogP) is 12.6. The first-order valence-corrected chi connectivity index (χ1v) is 14.4. The van der Waals surface area contributed by atoms with E-state index < -0.39 is 84.1 Å². The molecule has 45 heavy (non-hydrogen) atoms. The van der Waals surface area contributed by atoms with E-state index in [1.54, 1.807) is 18.2 Å². The Hall–Kier alpha value is -5.92. The Labute approximate surface area is 279 Å². The fourth-order valence-corrected chi connectivity index (χ4v) is 6.27. The van der Waals surface area contributed by atoms with E-state index >= 15 is 0 Å². The van der Waals surface area contributed by atoms with E-state index in [2.05, 4.69) is 0 Å². The highest BCUT2D eigenvalue weighted by Gasteiger charge is 2.18. The Morgan fingerprint density at radius 2 is 0.822 bits per heavy atom. The molecule has 0 N–H and O–H groups in total. The average molecular weight is 586 g/mol. The summed E-state index contributed by atoms with van der Waals surface area (Å²) in [5.74, 6) is 0. The maximum atomic E-state index is 9.28. The highest BCUT2D eigenvalue weighted by atomic mass is 16.3. The molecule has 0 aliphatic heterocycles. The van der Waals surface area contributed by atoms with Crippen LogP contribution < -0.4 is 0 Å². The zero-order chi connectivity index (χ0) is 41.1. The van der Waals surface area contributed by atoms with Gasteiger partial charge in [-0.1, -0.05) is 163 Å². The lowest BCUT2D eigenvalue weighted by atomic mass is 9.85. The Kier molecular flexibility index (Phi) is 3.62. The summed E-state index contributed by atoms with van der Waals surface area (Å²) in [6, 6.07) is 20.2. The van der Waals surface area contributed by atoms with Gasteiger partial charge in [0.15, 0.2) is 0 Å². The van der Waals surface area contributed by atoms with Gasteiger partial charge in [-0.2, -0.15) is 0 Å². The van der Waals surface area contributed by atoms with Crippen LogP contribution in [0.5, 0.6) is 0 Å². The molecule has 8 aromatic carbocycles. The molecule has 0 radical (unpaired) electrons. The second-order valence-corrected chi connectivity index (χ2v) is 10.7. The summed E-state index contributed by atoms with van der Waals surface area (Å²) in [4.78, 5) is 0. The normalized spacial score (nSPS) is 15.6. The van der Waals surface area contributed by atoms with Gasteiger partial charge < -0.3 is 4.42 Å². The van der Waals surface area contributed by atoms with Crippen molar-refractivity contribution in [1.82, 2.24) is 0 Å². The molecule has 1 aromatic heterocycles. The highest BCUT2D eigenvalue weighted by molar-refractivity contribution is 6.21. The van der Waals surface area contributed by atoms with E-state index in [1.165, 1.54) is 0 Å². The summed E-state index contributed by atoms with van der Waals surface area (Å²) in [5.41, 5.74) is 4.14. The molecule has 210 valence electrons. The van der Waals surface area contributed by atoms with Gasteiger partial charge in [-0.05, 0) is 61.0 Å². The van der Waals surface area contributed by atoms with Crippen LogP contribution in [0.1, 0.15) is 17.8 Å². The molecule has 1 heterocycles. The van der Waals surface area contributed by atoms with Crippen molar-refractivity contribution in [3.05, 3.63) is 170 Å². The number of fused-ring (bicyclic) bond motifs is 5. The van der Waals surface area contributed by atoms with Gasteiger partial charge in [-0.25, -0.2) is 0 Å². The van der Waals surface area contributed by atoms with Crippen LogP contribution in [-0.2, 0) is 0 Å². The average Bonchev–Trinajstić information content (AvgIpc) is 3.63. The quantitative estimate of drug-likeness (QED) is 0.187. The third-order valence-electron chi connectivity index (χ3n) is 8.20. The SMILES string of the molecule is [2H]c1c([2H])c([2H])c(-c2c3c([2H])c([2H])c([2H])c([2H])c3c(-c3cccc(-c4cccc5c4oc4c(-c6ccccc6)cccc45)c3)c3c([2H])c([2H])c([2H])c([2H])c23)c([2H])c1[2H]. The summed E-state index contributed by atoms with van der Waals surface area (Å²) in [5, 5.41) is 0.971. The summed E-state index contributed by atoms with van der Waals surface area (Å²) in [6.07, 6.45) is 0. The van der Waals surface area contributed by atoms with E-state index in [4.69, 9.17) is 16.8 Å². The molecule has 9 rings (SSSR count). The standard InChI is InChI=1S/C44H28O/c1-3-14-29(15-4-1)33-24-12-26-39-40-27-13-25-34(44(40)45-43(33)39)31-18-11-19-32(28-31)42-37-22-9-7-20-35(37)41(30-16-5-2-6-17-30)36-21-8-10-23-38(36)42/h1-28H/i2D,5D,6D,7D,8D,9D,10D,16D,17D,20D,21D,22D,23D. The van der Waals surface area contributed by atoms with Crippen LogP contribution in [0.25, 0.3) is 88.0 Å². The summed E-state index contributed by atoms with van der Waals surface area (Å²) in [6.45, 7) is 0. The van der Waals surface area contributed by atoms with Crippen LogP contribution in [-0.4, -0.2) is 0 Å². The topological polar surface area (TPSA) is 13.1 Å². The lowest BCUT2D eigenvalue weighted by molar-refractivity contribution is 0.671. The number of benzene rings is 8. The lowest BCUT2D eigenvalue weighted by Crippen LogP contribution is -1.91. The van der Waals surface area contributed by atoms with E-state index in [-0.39, 0.29) is 32.7 Å². The molecule has 0 fully saturated rings. The van der Waals surface area contributed by atoms with Crippen LogP contribution in [0.15, 0.2) is 174 Å². The number of rotatable bonds is 4. The molecule has 0 amide bonds. The maximum absolute atomic E-state index is 9.28. The summed E-state index contributed by atoms with van der Waals surface area (Å²) in [7, 11) is 0. The fourth-order valence-electron chi connectivity index (χ4n) is 6.27. The second-order valence-electron chi connectivity index (χ2n) is 10.7. The van der Waals surface area contributed by atoms with Crippen molar-refractivity contribution in [1.29, 1.82) is 0 Å². The van der Waals surface area contributed by atoms with Crippen molar-refractivity contribution >= 4 is 43.5 Å². The smallest absolute Gasteiger partial charge is 0.143 e. The predicted molar refractivity (Wildman–Crippen MR) is 190 cm³/mol. The summed E-state index contributed by atoms with van der Waals surface area (Å²) < 4.78 is 121. The highest BCUT2D eigenvalue weighted by Crippen LogP contribution is 2.45. The second kappa shape index (κ2) is 10.4. The largest absolute Gasteiger partial charge is 0.455 e. The molecule has 0 unspecified atom stereocenters. The van der Waals surface area contributed by atoms with Gasteiger partial charge in [-0.3, -0.25) is 0 Å². The van der Waals surface area contributed by atoms with Crippen molar-refractivity contribution in [3.8, 4) is 44.5 Å². The Morgan fingerprint density at radius 1 is 0.356 bits per heavy atom. The molecule has 0 saturated carbocycles. The number of furan rings is 1. The Morgan fingerprint density at radius 3 is 1.42 bits per heavy atom. The van der Waals surface area contributed by atoms with E-state index in [0.29, 0.717) is 27.9 Å². The van der Waals surface area contributed by atoms with E-state index in [9.17, 15) is 5.48 Å². The zero-order valence-corrected chi connectivity index (χ0v) is 23.6. The van der Waals surface area contributed by atoms with Crippen molar-refractivity contribution in [3.63, 3.8) is 0 Å². The van der Waals surface area contributed by atoms with Crippen molar-refractivity contribution in [2.45, 2.75) is 0 Å². The fraction of sp³-hybridized carbons (Fsp3) is 0. The molecule has 0 atom stereocenters. The van der Waals surface area contributed by atoms with E-state index in [1.807, 2.05) is 72.8 Å². The van der Waals surface area contributed by atoms with Crippen molar-refractivity contribution in [2.75, 3.05) is 0 Å². The van der Waals surface area contributed by atoms with Crippen molar-refractivity contribution in [2.24, 2.45) is 0 Å². The molecular formula is C44H28O. The van der Waals surface area contributed by atoms with Gasteiger partial charge in [0.25, 0.3) is 0 Å². The molecular weight excluding hydrogens is 544 g/mol. The van der Waals surface area contributed by atoms with Gasteiger partial charge in [0.2, 0.25) is 0 Å². The van der Waals surface area contributed by atoms with Crippen LogP contribution in [0.2, 0.25) is 0 Å². The minimum Gasteiger partial charge on any atom is -0.455 e. The third kappa shape index (κ3) is 4.09. The van der Waals surface area contributed by atoms with Gasteiger partial charge in [-0.15, -0.1) is 0 Å². The molecule has 0 aliphatic carbocycles. The monoisotopic (exact) mass is 585 g/mol. The first-order chi connectivity index (χ1) is 27.7. The maximum Gasteiger partial charge on any atom is 0.143 e. The van der Waals surface area contributed by atoms with Crippen molar-refractivity contribution < 1.29 is 22.2 Å². The molecule has 0 aliphatic rings.